The normalized spacial score (nSPS) is 19.8. The minimum absolute atomic E-state index is 0.742. The van der Waals surface area contributed by atoms with E-state index in [1.807, 2.05) is 23.1 Å². The zero-order valence-electron chi connectivity index (χ0n) is 13.2. The van der Waals surface area contributed by atoms with E-state index in [-0.39, 0.29) is 0 Å². The van der Waals surface area contributed by atoms with Crippen molar-refractivity contribution in [1.29, 1.82) is 0 Å². The van der Waals surface area contributed by atoms with Crippen LogP contribution in [0.25, 0.3) is 0 Å². The van der Waals surface area contributed by atoms with Crippen LogP contribution < -0.4 is 5.32 Å². The minimum atomic E-state index is 0.742. The van der Waals surface area contributed by atoms with Crippen molar-refractivity contribution in [3.05, 3.63) is 18.5 Å². The van der Waals surface area contributed by atoms with Crippen molar-refractivity contribution >= 4 is 17.7 Å². The van der Waals surface area contributed by atoms with Crippen molar-refractivity contribution in [2.45, 2.75) is 38.5 Å². The van der Waals surface area contributed by atoms with Gasteiger partial charge in [0.25, 0.3) is 0 Å². The highest BCUT2D eigenvalue weighted by Crippen LogP contribution is 2.21. The second-order valence-corrected chi connectivity index (χ2v) is 6.61. The fourth-order valence-corrected chi connectivity index (χ4v) is 3.62. The molecule has 1 aromatic rings. The van der Waals surface area contributed by atoms with Gasteiger partial charge in [-0.3, -0.25) is 9.67 Å². The predicted molar refractivity (Wildman–Crippen MR) is 90.9 cm³/mol. The zero-order valence-corrected chi connectivity index (χ0v) is 14.0. The van der Waals surface area contributed by atoms with Gasteiger partial charge in [0.15, 0.2) is 5.96 Å². The molecule has 1 aliphatic heterocycles. The van der Waals surface area contributed by atoms with E-state index in [2.05, 4.69) is 40.9 Å². The first-order valence-corrected chi connectivity index (χ1v) is 9.00. The minimum Gasteiger partial charge on any atom is -0.357 e. The van der Waals surface area contributed by atoms with E-state index in [1.54, 1.807) is 0 Å². The van der Waals surface area contributed by atoms with Gasteiger partial charge in [-0.25, -0.2) is 0 Å². The maximum absolute atomic E-state index is 4.79. The maximum atomic E-state index is 4.79. The number of thioether (sulfide) groups is 1. The number of aromatic nitrogens is 2. The molecule has 1 atom stereocenters. The first-order chi connectivity index (χ1) is 10.3. The Balaban J connectivity index is 1.83. The van der Waals surface area contributed by atoms with Gasteiger partial charge in [-0.15, -0.1) is 0 Å². The highest BCUT2D eigenvalue weighted by molar-refractivity contribution is 8.00. The lowest BCUT2D eigenvalue weighted by molar-refractivity contribution is 0.407. The Morgan fingerprint density at radius 1 is 1.48 bits per heavy atom. The summed E-state index contributed by atoms with van der Waals surface area (Å²) >= 11 is 2.09. The van der Waals surface area contributed by atoms with Crippen molar-refractivity contribution in [3.8, 4) is 0 Å². The van der Waals surface area contributed by atoms with Gasteiger partial charge in [0.1, 0.15) is 0 Å². The Morgan fingerprint density at radius 3 is 3.10 bits per heavy atom. The third-order valence-electron chi connectivity index (χ3n) is 3.59. The summed E-state index contributed by atoms with van der Waals surface area (Å²) in [7, 11) is 0. The summed E-state index contributed by atoms with van der Waals surface area (Å²) in [6.07, 6.45) is 6.09. The van der Waals surface area contributed by atoms with Crippen LogP contribution in [0.2, 0.25) is 0 Å². The van der Waals surface area contributed by atoms with Crippen molar-refractivity contribution in [3.63, 3.8) is 0 Å². The van der Waals surface area contributed by atoms with Crippen molar-refractivity contribution < 1.29 is 0 Å². The summed E-state index contributed by atoms with van der Waals surface area (Å²) in [6, 6.07) is 1.96. The first kappa shape index (κ1) is 16.2. The molecule has 1 N–H and O–H groups in total. The van der Waals surface area contributed by atoms with Gasteiger partial charge in [0, 0.05) is 56.1 Å². The monoisotopic (exact) mass is 309 g/mol. The van der Waals surface area contributed by atoms with E-state index in [0.29, 0.717) is 0 Å². The average Bonchev–Trinajstić information content (AvgIpc) is 3.04. The van der Waals surface area contributed by atoms with Crippen LogP contribution in [0.1, 0.15) is 26.7 Å². The van der Waals surface area contributed by atoms with E-state index in [9.17, 15) is 0 Å². The van der Waals surface area contributed by atoms with Crippen LogP contribution in [0.15, 0.2) is 23.5 Å². The molecule has 5 nitrogen and oxygen atoms in total. The topological polar surface area (TPSA) is 45.5 Å². The molecular weight excluding hydrogens is 282 g/mol. The summed E-state index contributed by atoms with van der Waals surface area (Å²) in [5.74, 6) is 2.28. The maximum Gasteiger partial charge on any atom is 0.193 e. The number of aryl methyl sites for hydroxylation is 1. The molecule has 21 heavy (non-hydrogen) atoms. The van der Waals surface area contributed by atoms with Crippen molar-refractivity contribution in [2.75, 3.05) is 31.9 Å². The lowest BCUT2D eigenvalue weighted by atomic mass is 10.3. The van der Waals surface area contributed by atoms with Gasteiger partial charge < -0.3 is 10.2 Å². The molecule has 1 fully saturated rings. The number of aliphatic imine (C=N–C) groups is 1. The second-order valence-electron chi connectivity index (χ2n) is 5.21. The van der Waals surface area contributed by atoms with E-state index < -0.39 is 0 Å². The molecule has 6 heteroatoms. The van der Waals surface area contributed by atoms with Gasteiger partial charge in [0.05, 0.1) is 0 Å². The number of guanidine groups is 1. The van der Waals surface area contributed by atoms with Crippen LogP contribution in [0, 0.1) is 0 Å². The molecule has 0 radical (unpaired) electrons. The van der Waals surface area contributed by atoms with Crippen molar-refractivity contribution in [2.24, 2.45) is 4.99 Å². The van der Waals surface area contributed by atoms with Gasteiger partial charge >= 0.3 is 0 Å². The molecule has 2 heterocycles. The van der Waals surface area contributed by atoms with Crippen LogP contribution in [-0.2, 0) is 6.54 Å². The standard InChI is InChI=1S/C15H27N5S/c1-3-14-13-19(11-12-21-14)15(16-4-2)17-7-5-9-20-10-6-8-18-20/h6,8,10,14H,3-5,7,9,11-13H2,1-2H3,(H,16,17). The van der Waals surface area contributed by atoms with E-state index in [4.69, 9.17) is 4.99 Å². The lowest BCUT2D eigenvalue weighted by Crippen LogP contribution is -2.48. The summed E-state index contributed by atoms with van der Waals surface area (Å²) in [4.78, 5) is 7.21. The zero-order chi connectivity index (χ0) is 14.9. The molecule has 1 unspecified atom stereocenters. The molecule has 1 saturated heterocycles. The molecule has 0 amide bonds. The Hall–Kier alpha value is -1.17. The van der Waals surface area contributed by atoms with E-state index in [1.165, 1.54) is 12.2 Å². The van der Waals surface area contributed by atoms with Gasteiger partial charge in [-0.1, -0.05) is 6.92 Å². The molecule has 1 aliphatic rings. The molecule has 0 aliphatic carbocycles. The Kier molecular flexibility index (Phi) is 6.92. The van der Waals surface area contributed by atoms with E-state index in [0.717, 1.165) is 50.4 Å². The summed E-state index contributed by atoms with van der Waals surface area (Å²) in [6.45, 7) is 9.34. The predicted octanol–water partition coefficient (Wildman–Crippen LogP) is 2.07. The van der Waals surface area contributed by atoms with Gasteiger partial charge in [0.2, 0.25) is 0 Å². The average molecular weight is 309 g/mol. The number of hydrogen-bond donors (Lipinski definition) is 1. The van der Waals surface area contributed by atoms with Gasteiger partial charge in [-0.05, 0) is 25.8 Å². The molecule has 0 saturated carbocycles. The number of nitrogens with one attached hydrogen (secondary N) is 1. The van der Waals surface area contributed by atoms with Crippen LogP contribution in [0.5, 0.6) is 0 Å². The fourth-order valence-electron chi connectivity index (χ4n) is 2.43. The van der Waals surface area contributed by atoms with Crippen LogP contribution in [0.4, 0.5) is 0 Å². The molecule has 118 valence electrons. The highest BCUT2D eigenvalue weighted by Gasteiger charge is 2.21. The number of hydrogen-bond acceptors (Lipinski definition) is 3. The van der Waals surface area contributed by atoms with E-state index >= 15 is 0 Å². The largest absolute Gasteiger partial charge is 0.357 e. The lowest BCUT2D eigenvalue weighted by Gasteiger charge is -2.34. The fraction of sp³-hybridized carbons (Fsp3) is 0.733. The number of nitrogens with zero attached hydrogens (tertiary/aromatic N) is 4. The van der Waals surface area contributed by atoms with Gasteiger partial charge in [-0.2, -0.15) is 16.9 Å². The molecular formula is C15H27N5S. The Bertz CT molecular complexity index is 418. The second kappa shape index (κ2) is 8.97. The number of rotatable bonds is 6. The quantitative estimate of drug-likeness (QED) is 0.496. The smallest absolute Gasteiger partial charge is 0.193 e. The van der Waals surface area contributed by atoms with Crippen LogP contribution in [0.3, 0.4) is 0 Å². The Labute approximate surface area is 132 Å². The molecule has 1 aromatic heterocycles. The molecule has 0 bridgehead atoms. The Morgan fingerprint density at radius 2 is 2.38 bits per heavy atom. The van der Waals surface area contributed by atoms with Crippen LogP contribution >= 0.6 is 11.8 Å². The molecule has 2 rings (SSSR count). The first-order valence-electron chi connectivity index (χ1n) is 7.95. The van der Waals surface area contributed by atoms with Crippen molar-refractivity contribution in [1.82, 2.24) is 20.0 Å². The van der Waals surface area contributed by atoms with Crippen LogP contribution in [-0.4, -0.2) is 57.8 Å². The summed E-state index contributed by atoms with van der Waals surface area (Å²) in [5, 5.41) is 8.40. The third kappa shape index (κ3) is 5.26. The third-order valence-corrected chi connectivity index (χ3v) is 4.97. The molecule has 0 spiro atoms. The highest BCUT2D eigenvalue weighted by atomic mass is 32.2. The SMILES string of the molecule is CCNC(=NCCCn1cccn1)N1CCSC(CC)C1. The summed E-state index contributed by atoms with van der Waals surface area (Å²) < 4.78 is 1.97. The molecule has 0 aromatic carbocycles. The summed E-state index contributed by atoms with van der Waals surface area (Å²) in [5.41, 5.74) is 0.